The number of carbonyl (C=O) groups excluding carboxylic acids is 1. The number of halogens is 2. The highest BCUT2D eigenvalue weighted by molar-refractivity contribution is 6.30. The topological polar surface area (TPSA) is 46.9 Å². The fraction of sp³-hybridized carbons (Fsp3) is 0.0909. The minimum absolute atomic E-state index is 0.0267. The zero-order valence-corrected chi connectivity index (χ0v) is 9.49. The van der Waals surface area contributed by atoms with Gasteiger partial charge in [0.1, 0.15) is 12.4 Å². The van der Waals surface area contributed by atoms with E-state index in [0.717, 1.165) is 0 Å². The summed E-state index contributed by atoms with van der Waals surface area (Å²) in [5.74, 6) is -0.891. The largest absolute Gasteiger partial charge is 0.322 e. The van der Waals surface area contributed by atoms with Crippen LogP contribution >= 0.6 is 11.6 Å². The van der Waals surface area contributed by atoms with E-state index in [9.17, 15) is 9.18 Å². The van der Waals surface area contributed by atoms with Crippen LogP contribution in [0, 0.1) is 5.82 Å². The molecule has 0 radical (unpaired) electrons. The number of rotatable bonds is 3. The number of aromatic nitrogens is 2. The number of nitrogens with one attached hydrogen (secondary N) is 1. The van der Waals surface area contributed by atoms with Crippen molar-refractivity contribution >= 4 is 23.2 Å². The summed E-state index contributed by atoms with van der Waals surface area (Å²) in [6.45, 7) is 0.0267. The van der Waals surface area contributed by atoms with Crippen molar-refractivity contribution in [3.8, 4) is 0 Å². The molecule has 0 aliphatic rings. The van der Waals surface area contributed by atoms with Crippen molar-refractivity contribution in [3.63, 3.8) is 0 Å². The zero-order chi connectivity index (χ0) is 12.3. The molecular weight excluding hydrogens is 245 g/mol. The van der Waals surface area contributed by atoms with Gasteiger partial charge in [-0.1, -0.05) is 11.6 Å². The normalized spacial score (nSPS) is 10.2. The van der Waals surface area contributed by atoms with E-state index >= 15 is 0 Å². The fourth-order valence-electron chi connectivity index (χ4n) is 1.32. The Bertz CT molecular complexity index is 528. The first-order valence-electron chi connectivity index (χ1n) is 4.87. The van der Waals surface area contributed by atoms with Crippen LogP contribution in [-0.2, 0) is 11.3 Å². The third-order valence-electron chi connectivity index (χ3n) is 2.07. The molecule has 1 amide bonds. The average Bonchev–Trinajstić information content (AvgIpc) is 2.76. The molecule has 0 saturated carbocycles. The van der Waals surface area contributed by atoms with Crippen molar-refractivity contribution in [3.05, 3.63) is 47.5 Å². The Morgan fingerprint density at radius 2 is 2.35 bits per heavy atom. The van der Waals surface area contributed by atoms with Crippen LogP contribution in [0.1, 0.15) is 0 Å². The van der Waals surface area contributed by atoms with Crippen molar-refractivity contribution in [2.45, 2.75) is 6.54 Å². The maximum Gasteiger partial charge on any atom is 0.246 e. The first-order chi connectivity index (χ1) is 8.15. The smallest absolute Gasteiger partial charge is 0.246 e. The molecular formula is C11H9ClFN3O. The molecule has 6 heteroatoms. The lowest BCUT2D eigenvalue weighted by Gasteiger charge is -2.06. The van der Waals surface area contributed by atoms with Gasteiger partial charge in [-0.2, -0.15) is 5.10 Å². The van der Waals surface area contributed by atoms with Gasteiger partial charge in [-0.15, -0.1) is 0 Å². The molecule has 0 atom stereocenters. The van der Waals surface area contributed by atoms with E-state index in [1.54, 1.807) is 18.5 Å². The molecule has 88 valence electrons. The molecule has 17 heavy (non-hydrogen) atoms. The van der Waals surface area contributed by atoms with Crippen LogP contribution in [0.5, 0.6) is 0 Å². The maximum absolute atomic E-state index is 13.3. The lowest BCUT2D eigenvalue weighted by Crippen LogP contribution is -2.19. The Morgan fingerprint density at radius 1 is 1.53 bits per heavy atom. The van der Waals surface area contributed by atoms with E-state index in [-0.39, 0.29) is 18.1 Å². The van der Waals surface area contributed by atoms with Gasteiger partial charge in [-0.3, -0.25) is 9.48 Å². The second kappa shape index (κ2) is 4.97. The Kier molecular flexibility index (Phi) is 3.39. The van der Waals surface area contributed by atoms with Gasteiger partial charge in [0.15, 0.2) is 0 Å². The predicted octanol–water partition coefficient (Wildman–Crippen LogP) is 2.31. The lowest BCUT2D eigenvalue weighted by atomic mass is 10.3. The van der Waals surface area contributed by atoms with Gasteiger partial charge >= 0.3 is 0 Å². The van der Waals surface area contributed by atoms with Crippen LogP contribution < -0.4 is 5.32 Å². The van der Waals surface area contributed by atoms with Gasteiger partial charge in [0, 0.05) is 17.4 Å². The quantitative estimate of drug-likeness (QED) is 0.913. The Hall–Kier alpha value is -1.88. The second-order valence-electron chi connectivity index (χ2n) is 3.38. The predicted molar refractivity (Wildman–Crippen MR) is 62.3 cm³/mol. The number of hydrogen-bond donors (Lipinski definition) is 1. The first kappa shape index (κ1) is 11.6. The molecule has 1 N–H and O–H groups in total. The van der Waals surface area contributed by atoms with Crippen molar-refractivity contribution < 1.29 is 9.18 Å². The van der Waals surface area contributed by atoms with Crippen LogP contribution in [0.15, 0.2) is 36.7 Å². The minimum Gasteiger partial charge on any atom is -0.322 e. The SMILES string of the molecule is O=C(Cn1cccn1)Nc1cc(Cl)ccc1F. The molecule has 2 aromatic rings. The molecule has 0 fully saturated rings. The Morgan fingerprint density at radius 3 is 3.06 bits per heavy atom. The summed E-state index contributed by atoms with van der Waals surface area (Å²) in [6, 6.07) is 5.68. The molecule has 2 rings (SSSR count). The first-order valence-corrected chi connectivity index (χ1v) is 5.25. The molecule has 0 aliphatic heterocycles. The van der Waals surface area contributed by atoms with Crippen LogP contribution in [0.2, 0.25) is 5.02 Å². The number of nitrogens with zero attached hydrogens (tertiary/aromatic N) is 2. The molecule has 0 bridgehead atoms. The standard InChI is InChI=1S/C11H9ClFN3O/c12-8-2-3-9(13)10(6-8)15-11(17)7-16-5-1-4-14-16/h1-6H,7H2,(H,15,17). The summed E-state index contributed by atoms with van der Waals surface area (Å²) < 4.78 is 14.8. The van der Waals surface area contributed by atoms with Crippen LogP contribution in [0.25, 0.3) is 0 Å². The van der Waals surface area contributed by atoms with E-state index in [1.807, 2.05) is 0 Å². The maximum atomic E-state index is 13.3. The molecule has 0 unspecified atom stereocenters. The summed E-state index contributed by atoms with van der Waals surface area (Å²) in [5.41, 5.74) is 0.0645. The lowest BCUT2D eigenvalue weighted by molar-refractivity contribution is -0.116. The number of hydrogen-bond acceptors (Lipinski definition) is 2. The van der Waals surface area contributed by atoms with Gasteiger partial charge < -0.3 is 5.32 Å². The van der Waals surface area contributed by atoms with Crippen molar-refractivity contribution in [1.29, 1.82) is 0 Å². The summed E-state index contributed by atoms with van der Waals surface area (Å²) in [4.78, 5) is 11.6. The van der Waals surface area contributed by atoms with E-state index < -0.39 is 5.82 Å². The van der Waals surface area contributed by atoms with Gasteiger partial charge in [0.25, 0.3) is 0 Å². The monoisotopic (exact) mass is 253 g/mol. The Balaban J connectivity index is 2.05. The molecule has 1 aromatic carbocycles. The van der Waals surface area contributed by atoms with Crippen molar-refractivity contribution in [2.24, 2.45) is 0 Å². The summed E-state index contributed by atoms with van der Waals surface area (Å²) >= 11 is 5.71. The van der Waals surface area contributed by atoms with Gasteiger partial charge in [-0.05, 0) is 24.3 Å². The number of amides is 1. The molecule has 0 saturated heterocycles. The van der Waals surface area contributed by atoms with Crippen molar-refractivity contribution in [2.75, 3.05) is 5.32 Å². The van der Waals surface area contributed by atoms with Crippen LogP contribution in [0.3, 0.4) is 0 Å². The van der Waals surface area contributed by atoms with E-state index in [1.165, 1.54) is 22.9 Å². The summed E-state index contributed by atoms with van der Waals surface area (Å²) in [5, 5.41) is 6.67. The van der Waals surface area contributed by atoms with E-state index in [2.05, 4.69) is 10.4 Å². The average molecular weight is 254 g/mol. The number of carbonyl (C=O) groups is 1. The highest BCUT2D eigenvalue weighted by Gasteiger charge is 2.08. The third kappa shape index (κ3) is 3.04. The molecule has 1 aromatic heterocycles. The van der Waals surface area contributed by atoms with Crippen LogP contribution in [-0.4, -0.2) is 15.7 Å². The molecule has 0 spiro atoms. The van der Waals surface area contributed by atoms with Crippen molar-refractivity contribution in [1.82, 2.24) is 9.78 Å². The second-order valence-corrected chi connectivity index (χ2v) is 3.81. The highest BCUT2D eigenvalue weighted by atomic mass is 35.5. The Labute approximate surface area is 102 Å². The molecule has 1 heterocycles. The van der Waals surface area contributed by atoms with Gasteiger partial charge in [-0.25, -0.2) is 4.39 Å². The summed E-state index contributed by atoms with van der Waals surface area (Å²) in [7, 11) is 0. The van der Waals surface area contributed by atoms with Crippen LogP contribution in [0.4, 0.5) is 10.1 Å². The summed E-state index contributed by atoms with van der Waals surface area (Å²) in [6.07, 6.45) is 3.21. The zero-order valence-electron chi connectivity index (χ0n) is 8.73. The molecule has 0 aliphatic carbocycles. The minimum atomic E-state index is -0.525. The highest BCUT2D eigenvalue weighted by Crippen LogP contribution is 2.19. The molecule has 4 nitrogen and oxygen atoms in total. The van der Waals surface area contributed by atoms with Gasteiger partial charge in [0.05, 0.1) is 5.69 Å². The van der Waals surface area contributed by atoms with Gasteiger partial charge in [0.2, 0.25) is 5.91 Å². The third-order valence-corrected chi connectivity index (χ3v) is 2.30. The van der Waals surface area contributed by atoms with E-state index in [0.29, 0.717) is 5.02 Å². The van der Waals surface area contributed by atoms with E-state index in [4.69, 9.17) is 11.6 Å². The number of benzene rings is 1. The number of anilines is 1. The fourth-order valence-corrected chi connectivity index (χ4v) is 1.50.